The lowest BCUT2D eigenvalue weighted by molar-refractivity contribution is 0.154. The van der Waals surface area contributed by atoms with Crippen LogP contribution in [-0.4, -0.2) is 60.1 Å². The molecule has 2 aliphatic rings. The van der Waals surface area contributed by atoms with Crippen molar-refractivity contribution in [3.63, 3.8) is 0 Å². The van der Waals surface area contributed by atoms with Gasteiger partial charge in [-0.05, 0) is 86.0 Å². The Morgan fingerprint density at radius 3 is 1.65 bits per heavy atom. The van der Waals surface area contributed by atoms with Gasteiger partial charge in [0.25, 0.3) is 0 Å². The van der Waals surface area contributed by atoms with Gasteiger partial charge in [-0.2, -0.15) is 0 Å². The van der Waals surface area contributed by atoms with E-state index in [1.807, 2.05) is 0 Å². The molecule has 2 rings (SSSR count). The van der Waals surface area contributed by atoms with Crippen molar-refractivity contribution in [2.75, 3.05) is 26.2 Å². The van der Waals surface area contributed by atoms with Crippen LogP contribution in [0.3, 0.4) is 0 Å². The van der Waals surface area contributed by atoms with Crippen LogP contribution < -0.4 is 5.32 Å². The van der Waals surface area contributed by atoms with Crippen molar-refractivity contribution in [2.45, 2.75) is 84.0 Å². The average molecular weight is 281 g/mol. The zero-order chi connectivity index (χ0) is 14.5. The van der Waals surface area contributed by atoms with Crippen LogP contribution in [0, 0.1) is 0 Å². The first-order valence-electron chi connectivity index (χ1n) is 8.80. The molecule has 1 unspecified atom stereocenters. The summed E-state index contributed by atoms with van der Waals surface area (Å²) < 4.78 is 0. The number of hydrogen-bond donors (Lipinski definition) is 1. The van der Waals surface area contributed by atoms with Gasteiger partial charge in [-0.25, -0.2) is 0 Å². The summed E-state index contributed by atoms with van der Waals surface area (Å²) in [6.45, 7) is 14.4. The third-order valence-electron chi connectivity index (χ3n) is 5.22. The Kier molecular flexibility index (Phi) is 6.31. The minimum absolute atomic E-state index is 0.711. The van der Waals surface area contributed by atoms with Gasteiger partial charge >= 0.3 is 0 Å². The molecule has 2 aliphatic heterocycles. The Balaban J connectivity index is 1.72. The molecule has 0 bridgehead atoms. The van der Waals surface area contributed by atoms with Crippen LogP contribution in [0.5, 0.6) is 0 Å². The van der Waals surface area contributed by atoms with E-state index >= 15 is 0 Å². The molecule has 1 N–H and O–H groups in total. The highest BCUT2D eigenvalue weighted by atomic mass is 15.2. The van der Waals surface area contributed by atoms with Gasteiger partial charge in [0.05, 0.1) is 0 Å². The van der Waals surface area contributed by atoms with Crippen LogP contribution in [0.4, 0.5) is 0 Å². The fourth-order valence-electron chi connectivity index (χ4n) is 3.72. The molecule has 0 amide bonds. The minimum Gasteiger partial charge on any atom is -0.311 e. The van der Waals surface area contributed by atoms with Crippen molar-refractivity contribution in [1.29, 1.82) is 0 Å². The van der Waals surface area contributed by atoms with E-state index in [0.29, 0.717) is 12.1 Å². The smallest absolute Gasteiger partial charge is 0.00940 e. The fourth-order valence-corrected chi connectivity index (χ4v) is 3.72. The molecule has 3 nitrogen and oxygen atoms in total. The van der Waals surface area contributed by atoms with Crippen molar-refractivity contribution in [3.8, 4) is 0 Å². The van der Waals surface area contributed by atoms with Gasteiger partial charge in [-0.1, -0.05) is 0 Å². The second-order valence-electron chi connectivity index (χ2n) is 7.33. The summed E-state index contributed by atoms with van der Waals surface area (Å²) in [7, 11) is 0. The van der Waals surface area contributed by atoms with E-state index in [-0.39, 0.29) is 0 Å². The van der Waals surface area contributed by atoms with Gasteiger partial charge in [0.15, 0.2) is 0 Å². The molecule has 0 saturated carbocycles. The van der Waals surface area contributed by atoms with Gasteiger partial charge in [0.1, 0.15) is 0 Å². The van der Waals surface area contributed by atoms with Gasteiger partial charge in [-0.3, -0.25) is 0 Å². The zero-order valence-corrected chi connectivity index (χ0v) is 14.1. The van der Waals surface area contributed by atoms with E-state index in [0.717, 1.165) is 12.1 Å². The standard InChI is InChI=1S/C17H35N3/c1-14(2)19-10-5-6-16(7-11-19)18-17-8-12-20(13-9-17)15(3)4/h14-18H,5-13H2,1-4H3. The van der Waals surface area contributed by atoms with E-state index in [1.54, 1.807) is 0 Å². The Morgan fingerprint density at radius 2 is 1.15 bits per heavy atom. The maximum Gasteiger partial charge on any atom is 0.00940 e. The third kappa shape index (κ3) is 4.71. The first-order chi connectivity index (χ1) is 9.56. The summed E-state index contributed by atoms with van der Waals surface area (Å²) in [4.78, 5) is 5.26. The topological polar surface area (TPSA) is 18.5 Å². The van der Waals surface area contributed by atoms with E-state index in [1.165, 1.54) is 58.3 Å². The maximum absolute atomic E-state index is 3.96. The number of rotatable bonds is 4. The predicted molar refractivity (Wildman–Crippen MR) is 87.2 cm³/mol. The van der Waals surface area contributed by atoms with Crippen molar-refractivity contribution >= 4 is 0 Å². The highest BCUT2D eigenvalue weighted by molar-refractivity contribution is 4.84. The van der Waals surface area contributed by atoms with E-state index in [9.17, 15) is 0 Å². The van der Waals surface area contributed by atoms with E-state index in [4.69, 9.17) is 0 Å². The number of piperidine rings is 1. The Bertz CT molecular complexity index is 269. The van der Waals surface area contributed by atoms with Gasteiger partial charge in [0, 0.05) is 24.2 Å². The third-order valence-corrected chi connectivity index (χ3v) is 5.22. The van der Waals surface area contributed by atoms with Crippen LogP contribution in [0.2, 0.25) is 0 Å². The summed E-state index contributed by atoms with van der Waals surface area (Å²) in [5.41, 5.74) is 0. The molecule has 0 aromatic heterocycles. The lowest BCUT2D eigenvalue weighted by Crippen LogP contribution is -2.48. The lowest BCUT2D eigenvalue weighted by Gasteiger charge is -2.36. The van der Waals surface area contributed by atoms with E-state index in [2.05, 4.69) is 42.8 Å². The first kappa shape index (κ1) is 16.3. The molecule has 2 fully saturated rings. The number of likely N-dealkylation sites (tertiary alicyclic amines) is 2. The van der Waals surface area contributed by atoms with Gasteiger partial charge < -0.3 is 15.1 Å². The average Bonchev–Trinajstić information content (AvgIpc) is 2.65. The molecule has 0 aromatic carbocycles. The zero-order valence-electron chi connectivity index (χ0n) is 14.1. The van der Waals surface area contributed by atoms with Crippen molar-refractivity contribution in [1.82, 2.24) is 15.1 Å². The normalized spacial score (nSPS) is 28.2. The summed E-state index contributed by atoms with van der Waals surface area (Å²) in [5.74, 6) is 0. The Hall–Kier alpha value is -0.120. The number of nitrogens with one attached hydrogen (secondary N) is 1. The quantitative estimate of drug-likeness (QED) is 0.855. The molecule has 0 spiro atoms. The molecule has 0 radical (unpaired) electrons. The van der Waals surface area contributed by atoms with Crippen molar-refractivity contribution in [3.05, 3.63) is 0 Å². The monoisotopic (exact) mass is 281 g/mol. The number of nitrogens with zero attached hydrogens (tertiary/aromatic N) is 2. The molecule has 3 heteroatoms. The second kappa shape index (κ2) is 7.77. The van der Waals surface area contributed by atoms with Crippen LogP contribution in [0.25, 0.3) is 0 Å². The first-order valence-corrected chi connectivity index (χ1v) is 8.80. The van der Waals surface area contributed by atoms with E-state index < -0.39 is 0 Å². The molecular formula is C17H35N3. The molecule has 0 aliphatic carbocycles. The predicted octanol–water partition coefficient (Wildman–Crippen LogP) is 2.71. The fraction of sp³-hybridized carbons (Fsp3) is 1.00. The minimum atomic E-state index is 0.711. The van der Waals surface area contributed by atoms with Gasteiger partial charge in [-0.15, -0.1) is 0 Å². The molecule has 118 valence electrons. The summed E-state index contributed by atoms with van der Waals surface area (Å²) in [5, 5.41) is 3.96. The highest BCUT2D eigenvalue weighted by Crippen LogP contribution is 2.18. The highest BCUT2D eigenvalue weighted by Gasteiger charge is 2.24. The van der Waals surface area contributed by atoms with Crippen LogP contribution >= 0.6 is 0 Å². The summed E-state index contributed by atoms with van der Waals surface area (Å²) in [6.07, 6.45) is 6.74. The van der Waals surface area contributed by atoms with Crippen molar-refractivity contribution < 1.29 is 0 Å². The summed E-state index contributed by atoms with van der Waals surface area (Å²) in [6, 6.07) is 2.95. The number of hydrogen-bond acceptors (Lipinski definition) is 3. The molecule has 1 atom stereocenters. The molecule has 2 heterocycles. The lowest BCUT2D eigenvalue weighted by atomic mass is 10.0. The van der Waals surface area contributed by atoms with Crippen molar-refractivity contribution in [2.24, 2.45) is 0 Å². The second-order valence-corrected chi connectivity index (χ2v) is 7.33. The maximum atomic E-state index is 3.96. The SMILES string of the molecule is CC(C)N1CCCC(NC2CCN(C(C)C)CC2)CC1. The van der Waals surface area contributed by atoms with Gasteiger partial charge in [0.2, 0.25) is 0 Å². The molecular weight excluding hydrogens is 246 g/mol. The molecule has 2 saturated heterocycles. The van der Waals surface area contributed by atoms with Crippen LogP contribution in [-0.2, 0) is 0 Å². The summed E-state index contributed by atoms with van der Waals surface area (Å²) >= 11 is 0. The molecule has 20 heavy (non-hydrogen) atoms. The van der Waals surface area contributed by atoms with Crippen LogP contribution in [0.15, 0.2) is 0 Å². The largest absolute Gasteiger partial charge is 0.311 e. The van der Waals surface area contributed by atoms with Crippen LogP contribution in [0.1, 0.15) is 59.8 Å². The molecule has 0 aromatic rings. The Morgan fingerprint density at radius 1 is 0.700 bits per heavy atom. The Labute approximate surface area is 126 Å².